The maximum atomic E-state index is 12.5. The Bertz CT molecular complexity index is 526. The molecular formula is C11H9F3N2O2S. The smallest absolute Gasteiger partial charge is 0.433 e. The molecule has 0 radical (unpaired) electrons. The minimum Gasteiger partial charge on any atom is -0.481 e. The molecule has 0 aliphatic rings. The number of nitriles is 1. The van der Waals surface area contributed by atoms with E-state index in [4.69, 9.17) is 10.4 Å². The highest BCUT2D eigenvalue weighted by atomic mass is 32.2. The van der Waals surface area contributed by atoms with Gasteiger partial charge in [-0.1, -0.05) is 6.92 Å². The zero-order valence-electron chi connectivity index (χ0n) is 9.73. The maximum Gasteiger partial charge on any atom is 0.433 e. The summed E-state index contributed by atoms with van der Waals surface area (Å²) in [5.41, 5.74) is -1.10. The Hall–Kier alpha value is -1.75. The molecule has 0 fully saturated rings. The second-order valence-corrected chi connectivity index (χ2v) is 5.11. The first-order valence-corrected chi connectivity index (χ1v) is 5.98. The lowest BCUT2D eigenvalue weighted by Crippen LogP contribution is -2.11. The second-order valence-electron chi connectivity index (χ2n) is 3.69. The van der Waals surface area contributed by atoms with Gasteiger partial charge in [0.2, 0.25) is 0 Å². The third-order valence-corrected chi connectivity index (χ3v) is 3.15. The van der Waals surface area contributed by atoms with Crippen molar-refractivity contribution in [2.45, 2.75) is 29.8 Å². The number of alkyl halides is 3. The van der Waals surface area contributed by atoms with Crippen molar-refractivity contribution < 1.29 is 23.1 Å². The van der Waals surface area contributed by atoms with Gasteiger partial charge in [0.25, 0.3) is 0 Å². The summed E-state index contributed by atoms with van der Waals surface area (Å²) in [6.07, 6.45) is -4.83. The normalized spacial score (nSPS) is 12.8. The summed E-state index contributed by atoms with van der Waals surface area (Å²) in [5.74, 6) is -1.06. The number of aromatic nitrogens is 1. The number of nitrogens with zero attached hydrogens (tertiary/aromatic N) is 2. The number of aliphatic carboxylic acids is 1. The van der Waals surface area contributed by atoms with Crippen LogP contribution in [0.3, 0.4) is 0 Å². The number of thioether (sulfide) groups is 1. The summed E-state index contributed by atoms with van der Waals surface area (Å²) in [5, 5.41) is 16.8. The van der Waals surface area contributed by atoms with Crippen molar-refractivity contribution >= 4 is 17.7 Å². The van der Waals surface area contributed by atoms with Gasteiger partial charge in [0.05, 0.1) is 12.0 Å². The van der Waals surface area contributed by atoms with E-state index in [0.29, 0.717) is 0 Å². The van der Waals surface area contributed by atoms with E-state index in [-0.39, 0.29) is 17.0 Å². The molecule has 8 heteroatoms. The second kappa shape index (κ2) is 5.93. The van der Waals surface area contributed by atoms with Crippen LogP contribution in [0.2, 0.25) is 0 Å². The summed E-state index contributed by atoms with van der Waals surface area (Å²) < 4.78 is 37.5. The fourth-order valence-electron chi connectivity index (χ4n) is 1.25. The number of pyridine rings is 1. The van der Waals surface area contributed by atoms with Crippen LogP contribution in [0.1, 0.15) is 24.6 Å². The van der Waals surface area contributed by atoms with Crippen LogP contribution in [0.5, 0.6) is 0 Å². The third-order valence-electron chi connectivity index (χ3n) is 2.05. The molecule has 4 nitrogen and oxygen atoms in total. The molecule has 0 saturated carbocycles. The lowest BCUT2D eigenvalue weighted by Gasteiger charge is -2.11. The van der Waals surface area contributed by atoms with Crippen molar-refractivity contribution in [3.63, 3.8) is 0 Å². The van der Waals surface area contributed by atoms with Gasteiger partial charge in [0.1, 0.15) is 16.8 Å². The van der Waals surface area contributed by atoms with E-state index < -0.39 is 23.1 Å². The quantitative estimate of drug-likeness (QED) is 0.863. The molecular weight excluding hydrogens is 281 g/mol. The zero-order chi connectivity index (χ0) is 14.6. The predicted octanol–water partition coefficient (Wildman–Crippen LogP) is 2.93. The first-order valence-electron chi connectivity index (χ1n) is 5.11. The average molecular weight is 290 g/mol. The highest BCUT2D eigenvalue weighted by Gasteiger charge is 2.33. The minimum atomic E-state index is -4.60. The number of carboxylic acids is 1. The van der Waals surface area contributed by atoms with Crippen LogP contribution < -0.4 is 0 Å². The number of rotatable bonds is 4. The summed E-state index contributed by atoms with van der Waals surface area (Å²) in [6, 6.07) is 3.49. The number of hydrogen-bond acceptors (Lipinski definition) is 4. The van der Waals surface area contributed by atoms with Gasteiger partial charge >= 0.3 is 12.1 Å². The van der Waals surface area contributed by atoms with Crippen molar-refractivity contribution in [1.82, 2.24) is 4.98 Å². The SMILES string of the molecule is CC(CC(=O)O)Sc1nc(C(F)(F)F)ccc1C#N. The van der Waals surface area contributed by atoms with E-state index in [0.717, 1.165) is 23.9 Å². The van der Waals surface area contributed by atoms with Gasteiger partial charge in [-0.3, -0.25) is 4.79 Å². The number of hydrogen-bond donors (Lipinski definition) is 1. The molecule has 0 bridgehead atoms. The van der Waals surface area contributed by atoms with Gasteiger partial charge < -0.3 is 5.11 Å². The monoisotopic (exact) mass is 290 g/mol. The van der Waals surface area contributed by atoms with Gasteiger partial charge in [0, 0.05) is 5.25 Å². The summed E-state index contributed by atoms with van der Waals surface area (Å²) in [7, 11) is 0. The van der Waals surface area contributed by atoms with Crippen molar-refractivity contribution in [2.24, 2.45) is 0 Å². The maximum absolute atomic E-state index is 12.5. The van der Waals surface area contributed by atoms with Crippen LogP contribution >= 0.6 is 11.8 Å². The van der Waals surface area contributed by atoms with Crippen LogP contribution in [-0.4, -0.2) is 21.3 Å². The average Bonchev–Trinajstić information content (AvgIpc) is 2.26. The van der Waals surface area contributed by atoms with Gasteiger partial charge in [0.15, 0.2) is 0 Å². The highest BCUT2D eigenvalue weighted by Crippen LogP contribution is 2.32. The molecule has 1 rings (SSSR count). The molecule has 1 heterocycles. The minimum absolute atomic E-state index is 0.00441. The number of carbonyl (C=O) groups is 1. The molecule has 1 aromatic heterocycles. The van der Waals surface area contributed by atoms with Gasteiger partial charge in [-0.15, -0.1) is 11.8 Å². The lowest BCUT2D eigenvalue weighted by molar-refractivity contribution is -0.141. The fourth-order valence-corrected chi connectivity index (χ4v) is 2.25. The first-order chi connectivity index (χ1) is 8.74. The Morgan fingerprint density at radius 2 is 2.21 bits per heavy atom. The summed E-state index contributed by atoms with van der Waals surface area (Å²) in [6.45, 7) is 1.54. The fraction of sp³-hybridized carbons (Fsp3) is 0.364. The highest BCUT2D eigenvalue weighted by molar-refractivity contribution is 7.99. The van der Waals surface area contributed by atoms with Crippen LogP contribution in [0, 0.1) is 11.3 Å². The molecule has 1 atom stereocenters. The Morgan fingerprint density at radius 3 is 2.68 bits per heavy atom. The summed E-state index contributed by atoms with van der Waals surface area (Å²) >= 11 is 0.839. The molecule has 1 aromatic rings. The van der Waals surface area contributed by atoms with Crippen molar-refractivity contribution in [1.29, 1.82) is 5.26 Å². The third kappa shape index (κ3) is 4.44. The molecule has 0 aliphatic heterocycles. The Labute approximate surface area is 111 Å². The Balaban J connectivity index is 3.04. The molecule has 19 heavy (non-hydrogen) atoms. The van der Waals surface area contributed by atoms with E-state index in [9.17, 15) is 18.0 Å². The zero-order valence-corrected chi connectivity index (χ0v) is 10.5. The van der Waals surface area contributed by atoms with Gasteiger partial charge in [-0.2, -0.15) is 18.4 Å². The van der Waals surface area contributed by atoms with Crippen molar-refractivity contribution in [3.05, 3.63) is 23.4 Å². The van der Waals surface area contributed by atoms with Gasteiger partial charge in [-0.05, 0) is 12.1 Å². The van der Waals surface area contributed by atoms with Crippen LogP contribution in [0.15, 0.2) is 17.2 Å². The van der Waals surface area contributed by atoms with Crippen molar-refractivity contribution in [2.75, 3.05) is 0 Å². The molecule has 1 unspecified atom stereocenters. The van der Waals surface area contributed by atoms with Crippen LogP contribution in [-0.2, 0) is 11.0 Å². The van der Waals surface area contributed by atoms with E-state index in [1.165, 1.54) is 0 Å². The molecule has 102 valence electrons. The van der Waals surface area contributed by atoms with Crippen LogP contribution in [0.25, 0.3) is 0 Å². The molecule has 0 spiro atoms. The predicted molar refractivity (Wildman–Crippen MR) is 61.5 cm³/mol. The molecule has 0 amide bonds. The lowest BCUT2D eigenvalue weighted by atomic mass is 10.2. The van der Waals surface area contributed by atoms with E-state index in [1.54, 1.807) is 13.0 Å². The molecule has 0 aliphatic carbocycles. The molecule has 1 N–H and O–H groups in total. The summed E-state index contributed by atoms with van der Waals surface area (Å²) in [4.78, 5) is 13.9. The van der Waals surface area contributed by atoms with E-state index in [1.807, 2.05) is 0 Å². The van der Waals surface area contributed by atoms with Crippen molar-refractivity contribution in [3.8, 4) is 6.07 Å². The largest absolute Gasteiger partial charge is 0.481 e. The standard InChI is InChI=1S/C11H9F3N2O2S/c1-6(4-9(17)18)19-10-7(5-15)2-3-8(16-10)11(12,13)14/h2-3,6H,4H2,1H3,(H,17,18). The van der Waals surface area contributed by atoms with E-state index >= 15 is 0 Å². The number of halogens is 3. The number of carboxylic acid groups (broad SMARTS) is 1. The Morgan fingerprint density at radius 1 is 1.58 bits per heavy atom. The topological polar surface area (TPSA) is 74.0 Å². The molecule has 0 aromatic carbocycles. The molecule has 0 saturated heterocycles. The van der Waals surface area contributed by atoms with E-state index in [2.05, 4.69) is 4.98 Å². The Kier molecular flexibility index (Phi) is 4.78. The first kappa shape index (κ1) is 15.3. The van der Waals surface area contributed by atoms with Gasteiger partial charge in [-0.25, -0.2) is 4.98 Å². The van der Waals surface area contributed by atoms with Crippen LogP contribution in [0.4, 0.5) is 13.2 Å².